The van der Waals surface area contributed by atoms with E-state index >= 15 is 0 Å². The number of likely N-dealkylation sites (tertiary alicyclic amines) is 1. The molecule has 1 aromatic heterocycles. The van der Waals surface area contributed by atoms with Crippen LogP contribution in [0.25, 0.3) is 0 Å². The minimum absolute atomic E-state index is 0.320. The Morgan fingerprint density at radius 3 is 3.00 bits per heavy atom. The fourth-order valence-corrected chi connectivity index (χ4v) is 3.03. The number of halogens is 1. The van der Waals surface area contributed by atoms with E-state index in [1.165, 1.54) is 0 Å². The Morgan fingerprint density at radius 2 is 2.37 bits per heavy atom. The zero-order valence-corrected chi connectivity index (χ0v) is 12.5. The van der Waals surface area contributed by atoms with E-state index in [0.717, 1.165) is 12.2 Å². The predicted octanol–water partition coefficient (Wildman–Crippen LogP) is 1.48. The second-order valence-electron chi connectivity index (χ2n) is 5.37. The van der Waals surface area contributed by atoms with Gasteiger partial charge in [0.25, 0.3) is 0 Å². The van der Waals surface area contributed by atoms with Gasteiger partial charge in [-0.2, -0.15) is 5.10 Å². The molecule has 108 valence electrons. The summed E-state index contributed by atoms with van der Waals surface area (Å²) in [6, 6.07) is 0.320. The third-order valence-electron chi connectivity index (χ3n) is 4.01. The number of piperidine rings is 1. The lowest BCUT2D eigenvalue weighted by Gasteiger charge is -2.41. The molecule has 0 spiro atoms. The average Bonchev–Trinajstić information content (AvgIpc) is 2.74. The predicted molar refractivity (Wildman–Crippen MR) is 74.3 cm³/mol. The molecule has 6 heteroatoms. The van der Waals surface area contributed by atoms with E-state index in [1.807, 2.05) is 0 Å². The summed E-state index contributed by atoms with van der Waals surface area (Å²) in [6.07, 6.45) is 2.95. The third-order valence-corrected chi connectivity index (χ3v) is 4.28. The van der Waals surface area contributed by atoms with E-state index < -0.39 is 5.60 Å². The Morgan fingerprint density at radius 1 is 1.63 bits per heavy atom. The van der Waals surface area contributed by atoms with Crippen LogP contribution in [0.1, 0.15) is 25.5 Å². The molecular formula is C13H22ClN3O2. The van der Waals surface area contributed by atoms with Crippen LogP contribution in [0.3, 0.4) is 0 Å². The minimum Gasteiger partial charge on any atom is -0.383 e. The van der Waals surface area contributed by atoms with Gasteiger partial charge in [0.1, 0.15) is 5.60 Å². The lowest BCUT2D eigenvalue weighted by Crippen LogP contribution is -2.47. The van der Waals surface area contributed by atoms with Crippen molar-refractivity contribution in [2.75, 3.05) is 27.3 Å². The number of ether oxygens (including phenoxy) is 1. The van der Waals surface area contributed by atoms with Crippen molar-refractivity contribution in [3.05, 3.63) is 16.9 Å². The monoisotopic (exact) mass is 287 g/mol. The van der Waals surface area contributed by atoms with Crippen LogP contribution in [-0.4, -0.2) is 53.1 Å². The Labute approximate surface area is 119 Å². The van der Waals surface area contributed by atoms with Gasteiger partial charge in [-0.25, -0.2) is 0 Å². The van der Waals surface area contributed by atoms with Crippen molar-refractivity contribution >= 4 is 11.6 Å². The maximum absolute atomic E-state index is 11.0. The number of nitrogens with zero attached hydrogens (tertiary/aromatic N) is 3. The molecule has 0 radical (unpaired) electrons. The molecule has 0 aromatic carbocycles. The Balaban J connectivity index is 2.27. The van der Waals surface area contributed by atoms with Crippen LogP contribution in [0, 0.1) is 0 Å². The molecule has 5 nitrogen and oxygen atoms in total. The minimum atomic E-state index is -0.896. The summed E-state index contributed by atoms with van der Waals surface area (Å²) in [5.74, 6) is 0. The van der Waals surface area contributed by atoms with E-state index in [0.29, 0.717) is 37.1 Å². The molecule has 0 saturated carbocycles. The van der Waals surface area contributed by atoms with Gasteiger partial charge >= 0.3 is 0 Å². The topological polar surface area (TPSA) is 50.5 Å². The summed E-state index contributed by atoms with van der Waals surface area (Å²) in [6.45, 7) is 4.12. The van der Waals surface area contributed by atoms with Gasteiger partial charge in [0, 0.05) is 19.7 Å². The number of rotatable bonds is 4. The van der Waals surface area contributed by atoms with Crippen molar-refractivity contribution in [1.29, 1.82) is 0 Å². The van der Waals surface area contributed by atoms with E-state index in [2.05, 4.69) is 24.0 Å². The van der Waals surface area contributed by atoms with Crippen molar-refractivity contribution in [3.63, 3.8) is 0 Å². The Bertz CT molecular complexity index is 438. The smallest absolute Gasteiger partial charge is 0.110 e. The molecule has 1 fully saturated rings. The second-order valence-corrected chi connectivity index (χ2v) is 5.78. The number of aliphatic hydroxyl groups is 1. The maximum Gasteiger partial charge on any atom is 0.110 e. The van der Waals surface area contributed by atoms with Gasteiger partial charge in [-0.1, -0.05) is 11.6 Å². The van der Waals surface area contributed by atoms with Gasteiger partial charge in [0.15, 0.2) is 0 Å². The van der Waals surface area contributed by atoms with Crippen LogP contribution in [0.4, 0.5) is 0 Å². The molecular weight excluding hydrogens is 266 g/mol. The van der Waals surface area contributed by atoms with Gasteiger partial charge < -0.3 is 14.7 Å². The highest BCUT2D eigenvalue weighted by atomic mass is 35.5. The summed E-state index contributed by atoms with van der Waals surface area (Å²) in [4.78, 5) is 2.25. The first-order chi connectivity index (χ1) is 8.98. The molecule has 2 heterocycles. The molecule has 1 saturated heterocycles. The lowest BCUT2D eigenvalue weighted by molar-refractivity contribution is -0.0476. The summed E-state index contributed by atoms with van der Waals surface area (Å²) >= 11 is 6.23. The summed E-state index contributed by atoms with van der Waals surface area (Å²) in [5.41, 5.74) is -0.168. The second kappa shape index (κ2) is 5.79. The number of aromatic nitrogens is 2. The number of methoxy groups -OCH3 is 1. The van der Waals surface area contributed by atoms with Gasteiger partial charge in [0.05, 0.1) is 30.1 Å². The highest BCUT2D eigenvalue weighted by Gasteiger charge is 2.40. The van der Waals surface area contributed by atoms with Crippen molar-refractivity contribution in [3.8, 4) is 0 Å². The number of hydrogen-bond acceptors (Lipinski definition) is 4. The normalized spacial score (nSPS) is 28.8. The van der Waals surface area contributed by atoms with Crippen LogP contribution in [0.2, 0.25) is 5.02 Å². The van der Waals surface area contributed by atoms with Crippen LogP contribution < -0.4 is 0 Å². The van der Waals surface area contributed by atoms with E-state index in [-0.39, 0.29) is 0 Å². The van der Waals surface area contributed by atoms with Crippen molar-refractivity contribution in [2.45, 2.75) is 38.0 Å². The van der Waals surface area contributed by atoms with Crippen molar-refractivity contribution in [2.24, 2.45) is 0 Å². The van der Waals surface area contributed by atoms with Crippen molar-refractivity contribution in [1.82, 2.24) is 14.7 Å². The van der Waals surface area contributed by atoms with Gasteiger partial charge in [-0.15, -0.1) is 0 Å². The van der Waals surface area contributed by atoms with Gasteiger partial charge in [-0.3, -0.25) is 4.68 Å². The van der Waals surface area contributed by atoms with Crippen LogP contribution in [-0.2, 0) is 16.9 Å². The molecule has 2 rings (SSSR count). The Kier molecular flexibility index (Phi) is 4.50. The molecule has 0 aliphatic carbocycles. The molecule has 2 atom stereocenters. The fraction of sp³-hybridized carbons (Fsp3) is 0.769. The van der Waals surface area contributed by atoms with Gasteiger partial charge in [0.2, 0.25) is 0 Å². The molecule has 0 amide bonds. The van der Waals surface area contributed by atoms with Crippen LogP contribution >= 0.6 is 11.6 Å². The van der Waals surface area contributed by atoms with Crippen LogP contribution in [0.5, 0.6) is 0 Å². The van der Waals surface area contributed by atoms with E-state index in [1.54, 1.807) is 18.0 Å². The zero-order chi connectivity index (χ0) is 14.0. The lowest BCUT2D eigenvalue weighted by atomic mass is 9.84. The first kappa shape index (κ1) is 14.8. The van der Waals surface area contributed by atoms with Crippen LogP contribution in [0.15, 0.2) is 6.20 Å². The molecule has 0 bridgehead atoms. The number of hydrogen-bond donors (Lipinski definition) is 1. The summed E-state index contributed by atoms with van der Waals surface area (Å²) in [5, 5.41) is 15.8. The fourth-order valence-electron chi connectivity index (χ4n) is 2.72. The SMILES string of the molecule is COCCn1ncc(Cl)c1C1(O)CCN(C)C(C)C1. The maximum atomic E-state index is 11.0. The standard InChI is InChI=1S/C13H22ClN3O2/c1-10-8-13(18,4-5-16(10)2)12-11(14)9-15-17(12)6-7-19-3/h9-10,18H,4-8H2,1-3H3. The zero-order valence-electron chi connectivity index (χ0n) is 11.8. The molecule has 1 N–H and O–H groups in total. The quantitative estimate of drug-likeness (QED) is 0.911. The summed E-state index contributed by atoms with van der Waals surface area (Å²) < 4.78 is 6.84. The molecule has 2 unspecified atom stereocenters. The van der Waals surface area contributed by atoms with E-state index in [4.69, 9.17) is 16.3 Å². The van der Waals surface area contributed by atoms with Crippen molar-refractivity contribution < 1.29 is 9.84 Å². The first-order valence-electron chi connectivity index (χ1n) is 6.61. The third kappa shape index (κ3) is 2.94. The largest absolute Gasteiger partial charge is 0.383 e. The first-order valence-corrected chi connectivity index (χ1v) is 6.99. The molecule has 19 heavy (non-hydrogen) atoms. The van der Waals surface area contributed by atoms with Gasteiger partial charge in [-0.05, 0) is 26.8 Å². The molecule has 1 aliphatic rings. The molecule has 1 aromatic rings. The highest BCUT2D eigenvalue weighted by molar-refractivity contribution is 6.31. The highest BCUT2D eigenvalue weighted by Crippen LogP contribution is 2.38. The van der Waals surface area contributed by atoms with E-state index in [9.17, 15) is 5.11 Å². The Hall–Kier alpha value is -0.620. The average molecular weight is 288 g/mol. The summed E-state index contributed by atoms with van der Waals surface area (Å²) in [7, 11) is 3.73. The molecule has 1 aliphatic heterocycles.